The number of fused-ring (bicyclic) bond motifs is 3. The molecular weight excluding hydrogens is 260 g/mol. The van der Waals surface area contributed by atoms with Crippen LogP contribution in [0.1, 0.15) is 24.8 Å². The Morgan fingerprint density at radius 3 is 2.81 bits per heavy atom. The van der Waals surface area contributed by atoms with E-state index < -0.39 is 0 Å². The van der Waals surface area contributed by atoms with E-state index in [-0.39, 0.29) is 11.8 Å². The Morgan fingerprint density at radius 2 is 2.00 bits per heavy atom. The average molecular weight is 280 g/mol. The summed E-state index contributed by atoms with van der Waals surface area (Å²) >= 11 is 0. The topological polar surface area (TPSA) is 41.1 Å². The molecule has 2 aromatic rings. The molecule has 2 fully saturated rings. The van der Waals surface area contributed by atoms with Gasteiger partial charge in [0.15, 0.2) is 0 Å². The number of hydrogen-bond acceptors (Lipinski definition) is 2. The molecule has 0 aliphatic carbocycles. The summed E-state index contributed by atoms with van der Waals surface area (Å²) in [5.74, 6) is 0.376. The second-order valence-corrected chi connectivity index (χ2v) is 6.25. The summed E-state index contributed by atoms with van der Waals surface area (Å²) in [5.41, 5.74) is 1.19. The van der Waals surface area contributed by atoms with Gasteiger partial charge in [0.1, 0.15) is 0 Å². The second-order valence-electron chi connectivity index (χ2n) is 6.25. The molecule has 3 heteroatoms. The van der Waals surface area contributed by atoms with Crippen molar-refractivity contribution in [2.24, 2.45) is 5.92 Å². The molecule has 2 heterocycles. The van der Waals surface area contributed by atoms with Gasteiger partial charge in [-0.25, -0.2) is 0 Å². The maximum absolute atomic E-state index is 12.4. The second kappa shape index (κ2) is 5.15. The molecule has 2 aliphatic heterocycles. The molecule has 2 aromatic carbocycles. The van der Waals surface area contributed by atoms with Crippen molar-refractivity contribution in [3.8, 4) is 0 Å². The van der Waals surface area contributed by atoms with E-state index in [1.807, 2.05) is 12.1 Å². The van der Waals surface area contributed by atoms with Gasteiger partial charge in [-0.3, -0.25) is 4.79 Å². The summed E-state index contributed by atoms with van der Waals surface area (Å²) in [4.78, 5) is 12.4. The zero-order valence-electron chi connectivity index (χ0n) is 12.0. The highest BCUT2D eigenvalue weighted by Crippen LogP contribution is 2.33. The van der Waals surface area contributed by atoms with Crippen molar-refractivity contribution in [3.05, 3.63) is 48.0 Å². The van der Waals surface area contributed by atoms with E-state index in [0.717, 1.165) is 12.8 Å². The Bertz CT molecular complexity index is 676. The van der Waals surface area contributed by atoms with Crippen LogP contribution in [0.2, 0.25) is 0 Å². The van der Waals surface area contributed by atoms with E-state index in [2.05, 4.69) is 41.0 Å². The van der Waals surface area contributed by atoms with Crippen molar-refractivity contribution in [1.29, 1.82) is 0 Å². The molecule has 0 saturated carbocycles. The maximum atomic E-state index is 12.4. The molecule has 1 amide bonds. The lowest BCUT2D eigenvalue weighted by atomic mass is 9.88. The van der Waals surface area contributed by atoms with Gasteiger partial charge in [0.25, 0.3) is 0 Å². The number of nitrogens with one attached hydrogen (secondary N) is 2. The number of amides is 1. The maximum Gasteiger partial charge on any atom is 0.225 e. The van der Waals surface area contributed by atoms with Gasteiger partial charge in [0.2, 0.25) is 5.91 Å². The average Bonchev–Trinajstić information content (AvgIpc) is 3.15. The smallest absolute Gasteiger partial charge is 0.225 e. The molecular formula is C18H20N2O. The minimum atomic E-state index is 0.165. The SMILES string of the molecule is O=C(NCc1cccc2ccccc12)C1CC2CCC1N2. The lowest BCUT2D eigenvalue weighted by molar-refractivity contribution is -0.125. The van der Waals surface area contributed by atoms with E-state index >= 15 is 0 Å². The molecule has 108 valence electrons. The van der Waals surface area contributed by atoms with Crippen LogP contribution in [-0.4, -0.2) is 18.0 Å². The van der Waals surface area contributed by atoms with Crippen molar-refractivity contribution in [2.45, 2.75) is 37.9 Å². The van der Waals surface area contributed by atoms with Crippen LogP contribution in [0.15, 0.2) is 42.5 Å². The molecule has 2 N–H and O–H groups in total. The number of rotatable bonds is 3. The van der Waals surface area contributed by atoms with Gasteiger partial charge >= 0.3 is 0 Å². The first kappa shape index (κ1) is 12.8. The molecule has 2 saturated heterocycles. The summed E-state index contributed by atoms with van der Waals surface area (Å²) in [5, 5.41) is 9.12. The molecule has 2 bridgehead atoms. The lowest BCUT2D eigenvalue weighted by Gasteiger charge is -2.19. The van der Waals surface area contributed by atoms with Crippen molar-refractivity contribution in [1.82, 2.24) is 10.6 Å². The molecule has 0 radical (unpaired) electrons. The highest BCUT2D eigenvalue weighted by Gasteiger charge is 2.42. The Kier molecular flexibility index (Phi) is 3.15. The largest absolute Gasteiger partial charge is 0.352 e. The van der Waals surface area contributed by atoms with Gasteiger partial charge in [0, 0.05) is 18.6 Å². The standard InChI is InChI=1S/C18H20N2O/c21-18(16-10-14-8-9-17(16)20-14)19-11-13-6-3-5-12-4-1-2-7-15(12)13/h1-7,14,16-17,20H,8-11H2,(H,19,21). The van der Waals surface area contributed by atoms with Crippen LogP contribution in [0.25, 0.3) is 10.8 Å². The quantitative estimate of drug-likeness (QED) is 0.907. The van der Waals surface area contributed by atoms with Crippen LogP contribution in [-0.2, 0) is 11.3 Å². The Hall–Kier alpha value is -1.87. The van der Waals surface area contributed by atoms with Crippen molar-refractivity contribution < 1.29 is 4.79 Å². The predicted octanol–water partition coefficient (Wildman–Crippen LogP) is 2.60. The van der Waals surface area contributed by atoms with E-state index in [9.17, 15) is 4.79 Å². The van der Waals surface area contributed by atoms with Crippen LogP contribution in [0.3, 0.4) is 0 Å². The predicted molar refractivity (Wildman–Crippen MR) is 83.8 cm³/mol. The molecule has 2 aliphatic rings. The third-order valence-electron chi connectivity index (χ3n) is 4.97. The van der Waals surface area contributed by atoms with E-state index in [4.69, 9.17) is 0 Å². The van der Waals surface area contributed by atoms with E-state index in [0.29, 0.717) is 18.6 Å². The fraction of sp³-hybridized carbons (Fsp3) is 0.389. The normalized spacial score (nSPS) is 27.1. The molecule has 3 atom stereocenters. The summed E-state index contributed by atoms with van der Waals surface area (Å²) in [6.45, 7) is 0.619. The first-order chi connectivity index (χ1) is 10.3. The third-order valence-corrected chi connectivity index (χ3v) is 4.97. The highest BCUT2D eigenvalue weighted by molar-refractivity contribution is 5.86. The monoisotopic (exact) mass is 280 g/mol. The zero-order chi connectivity index (χ0) is 14.2. The van der Waals surface area contributed by atoms with Crippen LogP contribution >= 0.6 is 0 Å². The molecule has 4 rings (SSSR count). The minimum absolute atomic E-state index is 0.165. The van der Waals surface area contributed by atoms with Crippen molar-refractivity contribution in [3.63, 3.8) is 0 Å². The van der Waals surface area contributed by atoms with Crippen LogP contribution in [0.5, 0.6) is 0 Å². The zero-order valence-corrected chi connectivity index (χ0v) is 12.0. The molecule has 3 nitrogen and oxygen atoms in total. The number of benzene rings is 2. The first-order valence-corrected chi connectivity index (χ1v) is 7.81. The van der Waals surface area contributed by atoms with Gasteiger partial charge < -0.3 is 10.6 Å². The van der Waals surface area contributed by atoms with Crippen LogP contribution < -0.4 is 10.6 Å². The number of carbonyl (C=O) groups excluding carboxylic acids is 1. The molecule has 0 aromatic heterocycles. The Morgan fingerprint density at radius 1 is 1.14 bits per heavy atom. The van der Waals surface area contributed by atoms with Crippen molar-refractivity contribution in [2.75, 3.05) is 0 Å². The molecule has 21 heavy (non-hydrogen) atoms. The van der Waals surface area contributed by atoms with Gasteiger partial charge in [-0.15, -0.1) is 0 Å². The van der Waals surface area contributed by atoms with E-state index in [1.165, 1.54) is 22.8 Å². The highest BCUT2D eigenvalue weighted by atomic mass is 16.1. The van der Waals surface area contributed by atoms with Gasteiger partial charge in [0.05, 0.1) is 5.92 Å². The van der Waals surface area contributed by atoms with Crippen LogP contribution in [0, 0.1) is 5.92 Å². The summed E-state index contributed by atoms with van der Waals surface area (Å²) in [6.07, 6.45) is 3.39. The fourth-order valence-corrected chi connectivity index (χ4v) is 3.87. The fourth-order valence-electron chi connectivity index (χ4n) is 3.87. The molecule has 3 unspecified atom stereocenters. The van der Waals surface area contributed by atoms with Crippen molar-refractivity contribution >= 4 is 16.7 Å². The van der Waals surface area contributed by atoms with Crippen LogP contribution in [0.4, 0.5) is 0 Å². The number of carbonyl (C=O) groups is 1. The van der Waals surface area contributed by atoms with Gasteiger partial charge in [-0.2, -0.15) is 0 Å². The summed E-state index contributed by atoms with van der Waals surface area (Å²) < 4.78 is 0. The summed E-state index contributed by atoms with van der Waals surface area (Å²) in [6, 6.07) is 15.6. The van der Waals surface area contributed by atoms with Gasteiger partial charge in [-0.05, 0) is 35.6 Å². The Labute approximate surface area is 124 Å². The summed E-state index contributed by atoms with van der Waals surface area (Å²) in [7, 11) is 0. The van der Waals surface area contributed by atoms with Gasteiger partial charge in [-0.1, -0.05) is 42.5 Å². The number of hydrogen-bond donors (Lipinski definition) is 2. The minimum Gasteiger partial charge on any atom is -0.352 e. The third kappa shape index (κ3) is 2.32. The first-order valence-electron chi connectivity index (χ1n) is 7.81. The van der Waals surface area contributed by atoms with E-state index in [1.54, 1.807) is 0 Å². The molecule has 0 spiro atoms. The lowest BCUT2D eigenvalue weighted by Crippen LogP contribution is -2.37. The Balaban J connectivity index is 1.47.